The Labute approximate surface area is 155 Å². The van der Waals surface area contributed by atoms with Crippen LogP contribution in [-0.4, -0.2) is 40.9 Å². The topological polar surface area (TPSA) is 131 Å². The number of anilines is 2. The number of thioether (sulfide) groups is 1. The Morgan fingerprint density at radius 1 is 1.35 bits per heavy atom. The second kappa shape index (κ2) is 10.8. The van der Waals surface area contributed by atoms with Gasteiger partial charge in [-0.05, 0) is 36.6 Å². The number of hydrogen-bond acceptors (Lipinski definition) is 6. The Balaban J connectivity index is 2.81. The van der Waals surface area contributed by atoms with Gasteiger partial charge in [-0.15, -0.1) is 0 Å². The zero-order valence-electron chi connectivity index (χ0n) is 14.4. The van der Waals surface area contributed by atoms with E-state index in [-0.39, 0.29) is 17.9 Å². The third-order valence-corrected chi connectivity index (χ3v) is 3.79. The Morgan fingerprint density at radius 3 is 2.62 bits per heavy atom. The van der Waals surface area contributed by atoms with Crippen molar-refractivity contribution in [1.82, 2.24) is 5.32 Å². The summed E-state index contributed by atoms with van der Waals surface area (Å²) >= 11 is 1.47. The maximum Gasteiger partial charge on any atom is 0.326 e. The molecular formula is C17H20N4O4S. The van der Waals surface area contributed by atoms with E-state index in [2.05, 4.69) is 16.0 Å². The molecule has 9 heteroatoms. The van der Waals surface area contributed by atoms with Crippen molar-refractivity contribution in [3.05, 3.63) is 36.0 Å². The first-order chi connectivity index (χ1) is 12.4. The largest absolute Gasteiger partial charge is 0.480 e. The Hall–Kier alpha value is -2.99. The molecule has 0 aromatic heterocycles. The molecule has 0 saturated heterocycles. The van der Waals surface area contributed by atoms with Gasteiger partial charge in [-0.25, -0.2) is 4.79 Å². The number of nitriles is 1. The third kappa shape index (κ3) is 7.27. The van der Waals surface area contributed by atoms with Crippen LogP contribution in [0.3, 0.4) is 0 Å². The molecule has 1 unspecified atom stereocenters. The quantitative estimate of drug-likeness (QED) is 0.382. The minimum atomic E-state index is -1.15. The van der Waals surface area contributed by atoms with Crippen LogP contribution in [0, 0.1) is 11.3 Å². The monoisotopic (exact) mass is 376 g/mol. The molecule has 0 spiro atoms. The van der Waals surface area contributed by atoms with Crippen LogP contribution >= 0.6 is 11.8 Å². The van der Waals surface area contributed by atoms with E-state index in [9.17, 15) is 14.4 Å². The number of benzene rings is 1. The van der Waals surface area contributed by atoms with Crippen LogP contribution in [0.2, 0.25) is 0 Å². The first-order valence-electron chi connectivity index (χ1n) is 7.64. The van der Waals surface area contributed by atoms with Crippen molar-refractivity contribution in [2.75, 3.05) is 22.6 Å². The molecule has 0 saturated carbocycles. The number of rotatable bonds is 9. The van der Waals surface area contributed by atoms with Crippen LogP contribution in [0.4, 0.5) is 11.4 Å². The van der Waals surface area contributed by atoms with Crippen LogP contribution in [-0.2, 0) is 14.4 Å². The Kier molecular flexibility index (Phi) is 8.74. The van der Waals surface area contributed by atoms with Crippen LogP contribution < -0.4 is 16.0 Å². The minimum Gasteiger partial charge on any atom is -0.480 e. The highest BCUT2D eigenvalue weighted by Gasteiger charge is 2.21. The average molecular weight is 376 g/mol. The molecular weight excluding hydrogens is 356 g/mol. The van der Waals surface area contributed by atoms with Gasteiger partial charge in [-0.3, -0.25) is 9.59 Å². The molecule has 2 amide bonds. The lowest BCUT2D eigenvalue weighted by atomic mass is 10.2. The van der Waals surface area contributed by atoms with Crippen molar-refractivity contribution in [3.8, 4) is 6.07 Å². The SMILES string of the molecule is CSCCC(NC(=O)/C(C#N)=C\Nc1cccc(NC(C)=O)c1)C(=O)O. The summed E-state index contributed by atoms with van der Waals surface area (Å²) in [5.74, 6) is -1.58. The highest BCUT2D eigenvalue weighted by molar-refractivity contribution is 7.98. The van der Waals surface area contributed by atoms with E-state index in [4.69, 9.17) is 10.4 Å². The summed E-state index contributed by atoms with van der Waals surface area (Å²) in [7, 11) is 0. The first kappa shape index (κ1) is 21.1. The van der Waals surface area contributed by atoms with Gasteiger partial charge in [-0.2, -0.15) is 17.0 Å². The summed E-state index contributed by atoms with van der Waals surface area (Å²) in [6.45, 7) is 1.38. The lowest BCUT2D eigenvalue weighted by Crippen LogP contribution is -2.41. The predicted molar refractivity (Wildman–Crippen MR) is 101 cm³/mol. The van der Waals surface area contributed by atoms with Crippen LogP contribution in [0.1, 0.15) is 13.3 Å². The fourth-order valence-corrected chi connectivity index (χ4v) is 2.39. The smallest absolute Gasteiger partial charge is 0.326 e. The van der Waals surface area contributed by atoms with Crippen LogP contribution in [0.25, 0.3) is 0 Å². The number of carbonyl (C=O) groups excluding carboxylic acids is 2. The highest BCUT2D eigenvalue weighted by atomic mass is 32.2. The van der Waals surface area contributed by atoms with Gasteiger partial charge in [-0.1, -0.05) is 6.07 Å². The number of nitrogens with zero attached hydrogens (tertiary/aromatic N) is 1. The molecule has 0 heterocycles. The lowest BCUT2D eigenvalue weighted by molar-refractivity contribution is -0.141. The van der Waals surface area contributed by atoms with Gasteiger partial charge in [0.15, 0.2) is 0 Å². The van der Waals surface area contributed by atoms with Gasteiger partial charge in [0, 0.05) is 24.5 Å². The first-order valence-corrected chi connectivity index (χ1v) is 9.03. The Morgan fingerprint density at radius 2 is 2.04 bits per heavy atom. The third-order valence-electron chi connectivity index (χ3n) is 3.15. The molecule has 1 aromatic carbocycles. The van der Waals surface area contributed by atoms with Gasteiger partial charge in [0.25, 0.3) is 5.91 Å². The van der Waals surface area contributed by atoms with Crippen molar-refractivity contribution >= 4 is 40.9 Å². The van der Waals surface area contributed by atoms with Crippen molar-refractivity contribution in [2.24, 2.45) is 0 Å². The lowest BCUT2D eigenvalue weighted by Gasteiger charge is -2.13. The molecule has 0 fully saturated rings. The van der Waals surface area contributed by atoms with Gasteiger partial charge in [0.2, 0.25) is 5.91 Å². The maximum absolute atomic E-state index is 12.1. The predicted octanol–water partition coefficient (Wildman–Crippen LogP) is 1.79. The van der Waals surface area contributed by atoms with E-state index in [1.165, 1.54) is 24.9 Å². The molecule has 0 radical (unpaired) electrons. The van der Waals surface area contributed by atoms with E-state index in [1.54, 1.807) is 30.3 Å². The summed E-state index contributed by atoms with van der Waals surface area (Å²) in [4.78, 5) is 34.4. The fourth-order valence-electron chi connectivity index (χ4n) is 1.92. The molecule has 0 aliphatic carbocycles. The summed E-state index contributed by atoms with van der Waals surface area (Å²) in [5.41, 5.74) is 0.848. The number of nitrogens with one attached hydrogen (secondary N) is 3. The van der Waals surface area contributed by atoms with Crippen molar-refractivity contribution in [3.63, 3.8) is 0 Å². The molecule has 0 bridgehead atoms. The van der Waals surface area contributed by atoms with Gasteiger partial charge < -0.3 is 21.1 Å². The fraction of sp³-hybridized carbons (Fsp3) is 0.294. The highest BCUT2D eigenvalue weighted by Crippen LogP contribution is 2.15. The summed E-state index contributed by atoms with van der Waals surface area (Å²) < 4.78 is 0. The second-order valence-electron chi connectivity index (χ2n) is 5.22. The molecule has 8 nitrogen and oxygen atoms in total. The molecule has 1 aromatic rings. The zero-order valence-corrected chi connectivity index (χ0v) is 15.2. The van der Waals surface area contributed by atoms with Crippen molar-refractivity contribution in [1.29, 1.82) is 5.26 Å². The maximum atomic E-state index is 12.1. The van der Waals surface area contributed by atoms with E-state index >= 15 is 0 Å². The van der Waals surface area contributed by atoms with Gasteiger partial charge >= 0.3 is 5.97 Å². The average Bonchev–Trinajstić information content (AvgIpc) is 2.58. The van der Waals surface area contributed by atoms with Crippen molar-refractivity contribution in [2.45, 2.75) is 19.4 Å². The minimum absolute atomic E-state index is 0.222. The number of amides is 2. The summed E-state index contributed by atoms with van der Waals surface area (Å²) in [5, 5.41) is 26.0. The summed E-state index contributed by atoms with van der Waals surface area (Å²) in [6, 6.07) is 7.38. The van der Waals surface area contributed by atoms with E-state index in [0.29, 0.717) is 17.1 Å². The molecule has 0 aliphatic rings. The molecule has 26 heavy (non-hydrogen) atoms. The number of carboxylic acid groups (broad SMARTS) is 1. The normalized spacial score (nSPS) is 11.8. The van der Waals surface area contributed by atoms with Crippen molar-refractivity contribution < 1.29 is 19.5 Å². The van der Waals surface area contributed by atoms with E-state index in [1.807, 2.05) is 6.26 Å². The molecule has 1 rings (SSSR count). The standard InChI is InChI=1S/C17H20N4O4S/c1-11(22)20-14-5-3-4-13(8-14)19-10-12(9-18)16(23)21-15(17(24)25)6-7-26-2/h3-5,8,10,15,19H,6-7H2,1-2H3,(H,20,22)(H,21,23)(H,24,25)/b12-10-. The molecule has 0 aliphatic heterocycles. The number of hydrogen-bond donors (Lipinski definition) is 4. The second-order valence-corrected chi connectivity index (χ2v) is 6.21. The number of carbonyl (C=O) groups is 3. The van der Waals surface area contributed by atoms with Gasteiger partial charge in [0.05, 0.1) is 0 Å². The number of carboxylic acids is 1. The van der Waals surface area contributed by atoms with Crippen LogP contribution in [0.15, 0.2) is 36.0 Å². The number of aliphatic carboxylic acids is 1. The molecule has 1 atom stereocenters. The van der Waals surface area contributed by atoms with E-state index < -0.39 is 17.9 Å². The Bertz CT molecular complexity index is 743. The molecule has 4 N–H and O–H groups in total. The zero-order chi connectivity index (χ0) is 19.5. The molecule has 138 valence electrons. The van der Waals surface area contributed by atoms with E-state index in [0.717, 1.165) is 0 Å². The van der Waals surface area contributed by atoms with Crippen LogP contribution in [0.5, 0.6) is 0 Å². The van der Waals surface area contributed by atoms with Gasteiger partial charge in [0.1, 0.15) is 17.7 Å². The summed E-state index contributed by atoms with van der Waals surface area (Å²) in [6.07, 6.45) is 3.28.